The lowest BCUT2D eigenvalue weighted by Gasteiger charge is -1.87. The monoisotopic (exact) mass is 190 g/mol. The summed E-state index contributed by atoms with van der Waals surface area (Å²) in [6.45, 7) is 0. The second-order valence-corrected chi connectivity index (χ2v) is 1.80. The zero-order chi connectivity index (χ0) is 7.11. The van der Waals surface area contributed by atoms with Gasteiger partial charge in [-0.2, -0.15) is 0 Å². The number of carbonyl (C=O) groups is 1. The minimum Gasteiger partial charge on any atom is -0.468 e. The average Bonchev–Trinajstić information content (AvgIpc) is 1.89. The van der Waals surface area contributed by atoms with Gasteiger partial charge in [-0.1, -0.05) is 27.8 Å². The van der Waals surface area contributed by atoms with Crippen LogP contribution < -0.4 is 0 Å². The van der Waals surface area contributed by atoms with Crippen LogP contribution in [0.3, 0.4) is 0 Å². The largest absolute Gasteiger partial charge is 0.468 e. The molecule has 0 aliphatic rings. The molecule has 0 radical (unpaired) electrons. The Morgan fingerprint density at radius 1 is 1.67 bits per heavy atom. The number of ether oxygens (including phenoxy) is 1. The molecule has 50 valence electrons. The van der Waals surface area contributed by atoms with Gasteiger partial charge in [-0.25, -0.2) is 0 Å². The quantitative estimate of drug-likeness (QED) is 0.350. The predicted molar refractivity (Wildman–Crippen MR) is 38.2 cm³/mol. The third-order valence-electron chi connectivity index (χ3n) is 0.652. The van der Waals surface area contributed by atoms with E-state index in [0.29, 0.717) is 5.33 Å². The molecular weight excluding hydrogens is 184 g/mol. The van der Waals surface area contributed by atoms with Crippen molar-refractivity contribution in [3.63, 3.8) is 0 Å². The number of halogens is 1. The summed E-state index contributed by atoms with van der Waals surface area (Å²) in [7, 11) is 1.35. The fraction of sp³-hybridized carbons (Fsp3) is 0.500. The maximum Gasteiger partial charge on any atom is 0.317 e. The van der Waals surface area contributed by atoms with Crippen molar-refractivity contribution in [1.29, 1.82) is 0 Å². The summed E-state index contributed by atoms with van der Waals surface area (Å²) in [4.78, 5) is 10.3. The molecule has 0 atom stereocenters. The first-order valence-electron chi connectivity index (χ1n) is 2.39. The first-order valence-corrected chi connectivity index (χ1v) is 3.52. The van der Waals surface area contributed by atoms with Crippen molar-refractivity contribution in [2.75, 3.05) is 12.4 Å². The van der Waals surface area contributed by atoms with E-state index in [9.17, 15) is 4.79 Å². The highest BCUT2D eigenvalue weighted by molar-refractivity contribution is 9.09. The first kappa shape index (κ1) is 8.51. The van der Waals surface area contributed by atoms with E-state index in [1.165, 1.54) is 7.11 Å². The third-order valence-corrected chi connectivity index (χ3v) is 0.933. The van der Waals surface area contributed by atoms with Crippen LogP contribution in [-0.4, -0.2) is 18.4 Å². The van der Waals surface area contributed by atoms with E-state index < -0.39 is 0 Å². The zero-order valence-electron chi connectivity index (χ0n) is 5.11. The molecule has 0 saturated heterocycles. The van der Waals surface area contributed by atoms with Crippen LogP contribution in [0.5, 0.6) is 0 Å². The van der Waals surface area contributed by atoms with Gasteiger partial charge in [0.1, 0.15) is 6.42 Å². The van der Waals surface area contributed by atoms with E-state index in [-0.39, 0.29) is 12.4 Å². The molecule has 0 spiro atoms. The molecule has 0 aliphatic carbocycles. The Hall–Kier alpha value is -0.490. The normalized spacial score (nSPS) is 7.33. The van der Waals surface area contributed by atoms with Crippen molar-refractivity contribution in [1.82, 2.24) is 0 Å². The molecule has 0 N–H and O–H groups in total. The van der Waals surface area contributed by atoms with Crippen molar-refractivity contribution in [3.05, 3.63) is 0 Å². The van der Waals surface area contributed by atoms with Crippen LogP contribution in [0.25, 0.3) is 0 Å². The Bertz CT molecular complexity index is 143. The van der Waals surface area contributed by atoms with Gasteiger partial charge in [0.2, 0.25) is 0 Å². The van der Waals surface area contributed by atoms with Crippen molar-refractivity contribution in [3.8, 4) is 11.8 Å². The van der Waals surface area contributed by atoms with Crippen LogP contribution in [0.4, 0.5) is 0 Å². The molecule has 2 nitrogen and oxygen atoms in total. The van der Waals surface area contributed by atoms with Gasteiger partial charge in [0.25, 0.3) is 0 Å². The van der Waals surface area contributed by atoms with Gasteiger partial charge in [0.05, 0.1) is 12.4 Å². The Morgan fingerprint density at radius 2 is 2.33 bits per heavy atom. The highest BCUT2D eigenvalue weighted by Gasteiger charge is 1.91. The Labute approximate surface area is 62.7 Å². The van der Waals surface area contributed by atoms with E-state index in [4.69, 9.17) is 0 Å². The van der Waals surface area contributed by atoms with E-state index in [1.54, 1.807) is 0 Å². The predicted octanol–water partition coefficient (Wildman–Crippen LogP) is 0.948. The third kappa shape index (κ3) is 5.38. The second-order valence-electron chi connectivity index (χ2n) is 1.24. The number of esters is 1. The number of hydrogen-bond acceptors (Lipinski definition) is 2. The van der Waals surface area contributed by atoms with Gasteiger partial charge in [-0.05, 0) is 0 Å². The standard InChI is InChI=1S/C6H7BrO2/c1-9-6(8)4-2-3-5-7/h4-5H2,1H3. The summed E-state index contributed by atoms with van der Waals surface area (Å²) in [5.74, 6) is 5.01. The van der Waals surface area contributed by atoms with Crippen LogP contribution in [0.15, 0.2) is 0 Å². The number of alkyl halides is 1. The molecule has 0 unspecified atom stereocenters. The number of hydrogen-bond donors (Lipinski definition) is 0. The molecule has 3 heteroatoms. The molecule has 0 bridgehead atoms. The minimum absolute atomic E-state index is 0.183. The van der Waals surface area contributed by atoms with Crippen molar-refractivity contribution in [2.24, 2.45) is 0 Å². The fourth-order valence-electron chi connectivity index (χ4n) is 0.254. The van der Waals surface area contributed by atoms with Crippen molar-refractivity contribution < 1.29 is 9.53 Å². The zero-order valence-corrected chi connectivity index (χ0v) is 6.69. The molecule has 0 heterocycles. The topological polar surface area (TPSA) is 26.3 Å². The van der Waals surface area contributed by atoms with Crippen LogP contribution in [0.2, 0.25) is 0 Å². The number of rotatable bonds is 1. The SMILES string of the molecule is COC(=O)CC#CCBr. The van der Waals surface area contributed by atoms with Crippen LogP contribution >= 0.6 is 15.9 Å². The van der Waals surface area contributed by atoms with Gasteiger partial charge in [-0.3, -0.25) is 4.79 Å². The molecule has 0 rings (SSSR count). The van der Waals surface area contributed by atoms with Crippen LogP contribution in [0, 0.1) is 11.8 Å². The molecule has 9 heavy (non-hydrogen) atoms. The summed E-state index contributed by atoms with van der Waals surface area (Å²) in [6.07, 6.45) is 0.183. The molecule has 0 amide bonds. The molecule has 0 aromatic rings. The number of methoxy groups -OCH3 is 1. The van der Waals surface area contributed by atoms with Crippen LogP contribution in [-0.2, 0) is 9.53 Å². The summed E-state index contributed by atoms with van der Waals surface area (Å²) >= 11 is 3.10. The van der Waals surface area contributed by atoms with Gasteiger partial charge in [0.15, 0.2) is 0 Å². The van der Waals surface area contributed by atoms with E-state index >= 15 is 0 Å². The molecular formula is C6H7BrO2. The lowest BCUT2D eigenvalue weighted by molar-refractivity contribution is -0.139. The Balaban J connectivity index is 3.37. The smallest absolute Gasteiger partial charge is 0.317 e. The van der Waals surface area contributed by atoms with E-state index in [0.717, 1.165) is 0 Å². The summed E-state index contributed by atoms with van der Waals surface area (Å²) in [6, 6.07) is 0. The molecule has 0 fully saturated rings. The van der Waals surface area contributed by atoms with Crippen molar-refractivity contribution >= 4 is 21.9 Å². The minimum atomic E-state index is -0.288. The van der Waals surface area contributed by atoms with E-state index in [2.05, 4.69) is 32.5 Å². The highest BCUT2D eigenvalue weighted by atomic mass is 79.9. The Morgan fingerprint density at radius 3 is 2.78 bits per heavy atom. The highest BCUT2D eigenvalue weighted by Crippen LogP contribution is 1.80. The Kier molecular flexibility index (Phi) is 5.34. The first-order chi connectivity index (χ1) is 4.31. The van der Waals surface area contributed by atoms with Gasteiger partial charge >= 0.3 is 5.97 Å². The second kappa shape index (κ2) is 5.64. The van der Waals surface area contributed by atoms with E-state index in [1.807, 2.05) is 0 Å². The van der Waals surface area contributed by atoms with Crippen molar-refractivity contribution in [2.45, 2.75) is 6.42 Å². The maximum atomic E-state index is 10.3. The van der Waals surface area contributed by atoms with Gasteiger partial charge < -0.3 is 4.74 Å². The summed E-state index contributed by atoms with van der Waals surface area (Å²) in [5.41, 5.74) is 0. The fourth-order valence-corrected chi connectivity index (χ4v) is 0.452. The molecule has 0 saturated carbocycles. The lowest BCUT2D eigenvalue weighted by atomic mass is 10.4. The summed E-state index contributed by atoms with van der Waals surface area (Å²) < 4.78 is 4.34. The average molecular weight is 191 g/mol. The maximum absolute atomic E-state index is 10.3. The van der Waals surface area contributed by atoms with Gasteiger partial charge in [-0.15, -0.1) is 0 Å². The molecule has 0 aromatic carbocycles. The summed E-state index contributed by atoms with van der Waals surface area (Å²) in [5, 5.41) is 0.601. The van der Waals surface area contributed by atoms with Crippen LogP contribution in [0.1, 0.15) is 6.42 Å². The molecule has 0 aliphatic heterocycles. The van der Waals surface area contributed by atoms with Gasteiger partial charge in [0, 0.05) is 0 Å². The lowest BCUT2D eigenvalue weighted by Crippen LogP contribution is -1.96. The number of carbonyl (C=O) groups excluding carboxylic acids is 1. The molecule has 0 aromatic heterocycles.